The van der Waals surface area contributed by atoms with E-state index in [9.17, 15) is 19.7 Å². The van der Waals surface area contributed by atoms with Gasteiger partial charge < -0.3 is 15.0 Å². The van der Waals surface area contributed by atoms with Crippen molar-refractivity contribution < 1.29 is 19.2 Å². The summed E-state index contributed by atoms with van der Waals surface area (Å²) >= 11 is 0. The third kappa shape index (κ3) is 6.19. The summed E-state index contributed by atoms with van der Waals surface area (Å²) in [6.07, 6.45) is 3.26. The quantitative estimate of drug-likeness (QED) is 0.329. The Morgan fingerprint density at radius 3 is 2.42 bits per heavy atom. The predicted molar refractivity (Wildman–Crippen MR) is 144 cm³/mol. The molecule has 4 rings (SSSR count). The number of hydrogen-bond acceptors (Lipinski definition) is 6. The van der Waals surface area contributed by atoms with Gasteiger partial charge in [0, 0.05) is 36.8 Å². The maximum Gasteiger partial charge on any atom is 0.410 e. The van der Waals surface area contributed by atoms with Gasteiger partial charge in [-0.1, -0.05) is 19.1 Å². The van der Waals surface area contributed by atoms with Crippen LogP contribution in [0.25, 0.3) is 5.69 Å². The minimum absolute atomic E-state index is 0.0260. The van der Waals surface area contributed by atoms with Gasteiger partial charge in [0.15, 0.2) is 0 Å². The van der Waals surface area contributed by atoms with Gasteiger partial charge in [-0.3, -0.25) is 14.9 Å². The Labute approximate surface area is 221 Å². The molecule has 1 fully saturated rings. The van der Waals surface area contributed by atoms with Crippen LogP contribution in [0.3, 0.4) is 0 Å². The van der Waals surface area contributed by atoms with E-state index in [0.29, 0.717) is 48.6 Å². The number of ether oxygens (including phenoxy) is 1. The van der Waals surface area contributed by atoms with Crippen molar-refractivity contribution in [2.24, 2.45) is 0 Å². The number of carbonyl (C=O) groups excluding carboxylic acids is 2. The number of piperidine rings is 1. The molecule has 1 aromatic heterocycles. The zero-order chi connectivity index (χ0) is 27.4. The van der Waals surface area contributed by atoms with Crippen LogP contribution >= 0.6 is 0 Å². The number of carbonyl (C=O) groups is 2. The average Bonchev–Trinajstić information content (AvgIpc) is 3.33. The van der Waals surface area contributed by atoms with Crippen LogP contribution in [0.15, 0.2) is 54.7 Å². The van der Waals surface area contributed by atoms with Crippen LogP contribution in [0.1, 0.15) is 68.1 Å². The van der Waals surface area contributed by atoms with Crippen LogP contribution in [0.4, 0.5) is 16.2 Å². The number of hydrogen-bond donors (Lipinski definition) is 1. The Balaban J connectivity index is 1.63. The van der Waals surface area contributed by atoms with Crippen molar-refractivity contribution in [3.05, 3.63) is 81.7 Å². The summed E-state index contributed by atoms with van der Waals surface area (Å²) in [6.45, 7) is 8.51. The van der Waals surface area contributed by atoms with Gasteiger partial charge in [-0.25, -0.2) is 9.48 Å². The van der Waals surface area contributed by atoms with E-state index in [-0.39, 0.29) is 23.6 Å². The Morgan fingerprint density at radius 1 is 1.13 bits per heavy atom. The monoisotopic (exact) mass is 519 g/mol. The van der Waals surface area contributed by atoms with Gasteiger partial charge in [-0.05, 0) is 69.9 Å². The highest BCUT2D eigenvalue weighted by molar-refractivity contribution is 6.05. The van der Waals surface area contributed by atoms with Crippen LogP contribution in [-0.2, 0) is 11.2 Å². The summed E-state index contributed by atoms with van der Waals surface area (Å²) in [5.41, 5.74) is 2.96. The first-order valence-corrected chi connectivity index (χ1v) is 12.8. The van der Waals surface area contributed by atoms with Gasteiger partial charge in [-0.15, -0.1) is 0 Å². The minimum Gasteiger partial charge on any atom is -0.444 e. The van der Waals surface area contributed by atoms with Crippen molar-refractivity contribution in [2.75, 3.05) is 18.4 Å². The van der Waals surface area contributed by atoms with Gasteiger partial charge in [-0.2, -0.15) is 5.10 Å². The van der Waals surface area contributed by atoms with Crippen molar-refractivity contribution in [2.45, 2.75) is 58.5 Å². The molecule has 200 valence electrons. The number of amides is 2. The first kappa shape index (κ1) is 26.8. The molecule has 0 unspecified atom stereocenters. The van der Waals surface area contributed by atoms with E-state index in [1.807, 2.05) is 45.0 Å². The molecule has 0 radical (unpaired) electrons. The van der Waals surface area contributed by atoms with Crippen molar-refractivity contribution in [1.29, 1.82) is 0 Å². The highest BCUT2D eigenvalue weighted by Gasteiger charge is 2.32. The standard InChI is InChI=1S/C28H33N5O5/c1-5-19-7-6-8-21(17-19)30-26(34)24-18-29-32(22-9-11-23(12-10-22)33(36)37)25(24)20-13-15-31(16-14-20)27(35)38-28(2,3)4/h6-12,17-18,20H,5,13-16H2,1-4H3,(H,30,34). The largest absolute Gasteiger partial charge is 0.444 e. The van der Waals surface area contributed by atoms with Crippen molar-refractivity contribution in [1.82, 2.24) is 14.7 Å². The number of benzene rings is 2. The van der Waals surface area contributed by atoms with Crippen LogP contribution in [0.5, 0.6) is 0 Å². The third-order valence-electron chi connectivity index (χ3n) is 6.48. The molecule has 1 aliphatic rings. The van der Waals surface area contributed by atoms with Gasteiger partial charge >= 0.3 is 6.09 Å². The smallest absolute Gasteiger partial charge is 0.410 e. The number of likely N-dealkylation sites (tertiary alicyclic amines) is 1. The van der Waals surface area contributed by atoms with Crippen molar-refractivity contribution in [3.8, 4) is 5.69 Å². The van der Waals surface area contributed by atoms with Crippen molar-refractivity contribution in [3.63, 3.8) is 0 Å². The molecule has 2 amide bonds. The molecule has 3 aromatic rings. The molecule has 1 aliphatic heterocycles. The Bertz CT molecular complexity index is 1320. The van der Waals surface area contributed by atoms with E-state index < -0.39 is 10.5 Å². The Hall–Kier alpha value is -4.21. The lowest BCUT2D eigenvalue weighted by Crippen LogP contribution is -2.41. The molecule has 2 heterocycles. The van der Waals surface area contributed by atoms with E-state index >= 15 is 0 Å². The number of aryl methyl sites for hydroxylation is 1. The first-order chi connectivity index (χ1) is 18.1. The molecule has 0 aliphatic carbocycles. The Kier molecular flexibility index (Phi) is 7.80. The molecular weight excluding hydrogens is 486 g/mol. The number of nitrogens with one attached hydrogen (secondary N) is 1. The number of nitro benzene ring substituents is 1. The van der Waals surface area contributed by atoms with Crippen LogP contribution in [-0.4, -0.2) is 50.3 Å². The summed E-state index contributed by atoms with van der Waals surface area (Å²) in [5.74, 6) is -0.343. The lowest BCUT2D eigenvalue weighted by Gasteiger charge is -2.34. The molecule has 1 saturated heterocycles. The lowest BCUT2D eigenvalue weighted by atomic mass is 9.90. The molecule has 2 aromatic carbocycles. The summed E-state index contributed by atoms with van der Waals surface area (Å²) in [7, 11) is 0. The highest BCUT2D eigenvalue weighted by Crippen LogP contribution is 2.33. The van der Waals surface area contributed by atoms with Crippen LogP contribution in [0.2, 0.25) is 0 Å². The predicted octanol–water partition coefficient (Wildman–Crippen LogP) is 5.71. The number of nitrogens with zero attached hydrogens (tertiary/aromatic N) is 4. The fraction of sp³-hybridized carbons (Fsp3) is 0.393. The third-order valence-corrected chi connectivity index (χ3v) is 6.48. The van der Waals surface area contributed by atoms with Gasteiger partial charge in [0.2, 0.25) is 0 Å². The normalized spacial score (nSPS) is 14.3. The summed E-state index contributed by atoms with van der Waals surface area (Å²) in [5, 5.41) is 18.6. The van der Waals surface area contributed by atoms with Gasteiger partial charge in [0.05, 0.1) is 28.1 Å². The van der Waals surface area contributed by atoms with E-state index in [4.69, 9.17) is 4.74 Å². The minimum atomic E-state index is -0.581. The Morgan fingerprint density at radius 2 is 1.82 bits per heavy atom. The molecule has 1 N–H and O–H groups in total. The topological polar surface area (TPSA) is 120 Å². The number of aromatic nitrogens is 2. The van der Waals surface area contributed by atoms with Crippen LogP contribution in [0, 0.1) is 10.1 Å². The number of non-ortho nitro benzene ring substituents is 1. The number of anilines is 1. The number of rotatable bonds is 6. The molecule has 0 saturated carbocycles. The summed E-state index contributed by atoms with van der Waals surface area (Å²) < 4.78 is 7.20. The fourth-order valence-electron chi connectivity index (χ4n) is 4.58. The van der Waals surface area contributed by atoms with Gasteiger partial charge in [0.25, 0.3) is 11.6 Å². The maximum atomic E-state index is 13.5. The molecule has 0 bridgehead atoms. The highest BCUT2D eigenvalue weighted by atomic mass is 16.6. The number of nitro groups is 1. The SMILES string of the molecule is CCc1cccc(NC(=O)c2cnn(-c3ccc([N+](=O)[O-])cc3)c2C2CCN(C(=O)OC(C)(C)C)CC2)c1. The summed E-state index contributed by atoms with van der Waals surface area (Å²) in [6, 6.07) is 13.8. The van der Waals surface area contributed by atoms with Crippen molar-refractivity contribution >= 4 is 23.4 Å². The lowest BCUT2D eigenvalue weighted by molar-refractivity contribution is -0.384. The molecular formula is C28H33N5O5. The van der Waals surface area contributed by atoms with Gasteiger partial charge in [0.1, 0.15) is 5.60 Å². The molecule has 0 spiro atoms. The molecule has 10 nitrogen and oxygen atoms in total. The molecule has 0 atom stereocenters. The molecule has 10 heteroatoms. The van der Waals surface area contributed by atoms with E-state index in [2.05, 4.69) is 17.3 Å². The van der Waals surface area contributed by atoms with Crippen LogP contribution < -0.4 is 5.32 Å². The second kappa shape index (κ2) is 11.0. The zero-order valence-corrected chi connectivity index (χ0v) is 22.1. The zero-order valence-electron chi connectivity index (χ0n) is 22.1. The first-order valence-electron chi connectivity index (χ1n) is 12.8. The second-order valence-corrected chi connectivity index (χ2v) is 10.4. The summed E-state index contributed by atoms with van der Waals surface area (Å²) in [4.78, 5) is 38.4. The molecule has 38 heavy (non-hydrogen) atoms. The second-order valence-electron chi connectivity index (χ2n) is 10.4. The van der Waals surface area contributed by atoms with E-state index in [0.717, 1.165) is 12.0 Å². The maximum absolute atomic E-state index is 13.5. The van der Waals surface area contributed by atoms with E-state index in [1.165, 1.54) is 18.3 Å². The average molecular weight is 520 g/mol. The van der Waals surface area contributed by atoms with E-state index in [1.54, 1.807) is 21.7 Å². The fourth-order valence-corrected chi connectivity index (χ4v) is 4.58.